The Morgan fingerprint density at radius 1 is 1.32 bits per heavy atom. The standard InChI is InChI=1S/C14H18N4O/c1-4-18-11(3)13(10(2)17-18)9-16-14(19)12-5-7-15-8-6-12/h5-8H,4,9H2,1-3H3,(H,16,19). The molecule has 0 radical (unpaired) electrons. The molecule has 0 bridgehead atoms. The Morgan fingerprint density at radius 3 is 2.58 bits per heavy atom. The summed E-state index contributed by atoms with van der Waals surface area (Å²) in [7, 11) is 0. The molecule has 0 aromatic carbocycles. The van der Waals surface area contributed by atoms with Crippen LogP contribution in [0.2, 0.25) is 0 Å². The summed E-state index contributed by atoms with van der Waals surface area (Å²) >= 11 is 0. The molecule has 0 aliphatic carbocycles. The van der Waals surface area contributed by atoms with Gasteiger partial charge in [0.1, 0.15) is 0 Å². The number of rotatable bonds is 4. The third kappa shape index (κ3) is 2.81. The number of pyridine rings is 1. The molecule has 0 unspecified atom stereocenters. The quantitative estimate of drug-likeness (QED) is 0.910. The first-order valence-electron chi connectivity index (χ1n) is 6.34. The lowest BCUT2D eigenvalue weighted by Gasteiger charge is -2.06. The Hall–Kier alpha value is -2.17. The molecule has 19 heavy (non-hydrogen) atoms. The molecular formula is C14H18N4O. The first kappa shape index (κ1) is 13.3. The minimum Gasteiger partial charge on any atom is -0.348 e. The van der Waals surface area contributed by atoms with Crippen molar-refractivity contribution in [3.8, 4) is 0 Å². The van der Waals surface area contributed by atoms with Crippen LogP contribution in [0, 0.1) is 13.8 Å². The van der Waals surface area contributed by atoms with E-state index in [2.05, 4.69) is 22.3 Å². The van der Waals surface area contributed by atoms with E-state index in [1.807, 2.05) is 18.5 Å². The number of carbonyl (C=O) groups excluding carboxylic acids is 1. The largest absolute Gasteiger partial charge is 0.348 e. The van der Waals surface area contributed by atoms with Gasteiger partial charge < -0.3 is 5.32 Å². The first-order valence-corrected chi connectivity index (χ1v) is 6.34. The minimum atomic E-state index is -0.0922. The Balaban J connectivity index is 2.07. The van der Waals surface area contributed by atoms with Crippen molar-refractivity contribution in [2.75, 3.05) is 0 Å². The molecule has 1 amide bonds. The third-order valence-electron chi connectivity index (χ3n) is 3.20. The second-order valence-electron chi connectivity index (χ2n) is 4.38. The van der Waals surface area contributed by atoms with Crippen LogP contribution in [0.3, 0.4) is 0 Å². The van der Waals surface area contributed by atoms with Crippen molar-refractivity contribution in [2.24, 2.45) is 0 Å². The lowest BCUT2D eigenvalue weighted by atomic mass is 10.2. The molecule has 2 aromatic rings. The Labute approximate surface area is 112 Å². The summed E-state index contributed by atoms with van der Waals surface area (Å²) in [5, 5.41) is 7.35. The summed E-state index contributed by atoms with van der Waals surface area (Å²) in [6, 6.07) is 3.40. The second-order valence-corrected chi connectivity index (χ2v) is 4.38. The topological polar surface area (TPSA) is 59.8 Å². The number of hydrogen-bond acceptors (Lipinski definition) is 3. The molecule has 2 heterocycles. The van der Waals surface area contributed by atoms with Gasteiger partial charge >= 0.3 is 0 Å². The van der Waals surface area contributed by atoms with E-state index in [0.29, 0.717) is 12.1 Å². The predicted molar refractivity (Wildman–Crippen MR) is 72.8 cm³/mol. The van der Waals surface area contributed by atoms with Crippen molar-refractivity contribution in [3.05, 3.63) is 47.0 Å². The maximum absolute atomic E-state index is 12.0. The van der Waals surface area contributed by atoms with E-state index in [0.717, 1.165) is 23.5 Å². The van der Waals surface area contributed by atoms with Crippen molar-refractivity contribution >= 4 is 5.91 Å². The van der Waals surface area contributed by atoms with Crippen LogP contribution in [0.15, 0.2) is 24.5 Å². The molecule has 0 saturated carbocycles. The van der Waals surface area contributed by atoms with Gasteiger partial charge in [0.2, 0.25) is 0 Å². The van der Waals surface area contributed by atoms with Gasteiger partial charge in [-0.15, -0.1) is 0 Å². The smallest absolute Gasteiger partial charge is 0.251 e. The van der Waals surface area contributed by atoms with Crippen LogP contribution in [0.4, 0.5) is 0 Å². The van der Waals surface area contributed by atoms with Gasteiger partial charge in [0.05, 0.1) is 5.69 Å². The normalized spacial score (nSPS) is 10.5. The molecule has 0 atom stereocenters. The summed E-state index contributed by atoms with van der Waals surface area (Å²) in [6.45, 7) is 7.38. The van der Waals surface area contributed by atoms with E-state index < -0.39 is 0 Å². The van der Waals surface area contributed by atoms with Crippen LogP contribution in [-0.4, -0.2) is 20.7 Å². The molecule has 1 N–H and O–H groups in total. The Bertz CT molecular complexity index is 575. The molecule has 0 aliphatic heterocycles. The second kappa shape index (κ2) is 5.65. The fraction of sp³-hybridized carbons (Fsp3) is 0.357. The Morgan fingerprint density at radius 2 is 2.00 bits per heavy atom. The van der Waals surface area contributed by atoms with Crippen molar-refractivity contribution in [1.29, 1.82) is 0 Å². The summed E-state index contributed by atoms with van der Waals surface area (Å²) in [5.41, 5.74) is 3.78. The van der Waals surface area contributed by atoms with Gasteiger partial charge in [-0.1, -0.05) is 0 Å². The van der Waals surface area contributed by atoms with Crippen molar-refractivity contribution < 1.29 is 4.79 Å². The van der Waals surface area contributed by atoms with E-state index in [9.17, 15) is 4.79 Å². The molecule has 2 aromatic heterocycles. The number of carbonyl (C=O) groups is 1. The number of amides is 1. The van der Waals surface area contributed by atoms with Crippen LogP contribution in [0.5, 0.6) is 0 Å². The van der Waals surface area contributed by atoms with E-state index in [4.69, 9.17) is 0 Å². The number of aromatic nitrogens is 3. The average molecular weight is 258 g/mol. The van der Waals surface area contributed by atoms with E-state index >= 15 is 0 Å². The van der Waals surface area contributed by atoms with Crippen molar-refractivity contribution in [2.45, 2.75) is 33.9 Å². The minimum absolute atomic E-state index is 0.0922. The molecule has 0 aliphatic rings. The SMILES string of the molecule is CCn1nc(C)c(CNC(=O)c2ccncc2)c1C. The maximum atomic E-state index is 12.0. The van der Waals surface area contributed by atoms with Crippen molar-refractivity contribution in [3.63, 3.8) is 0 Å². The molecular weight excluding hydrogens is 240 g/mol. The number of aryl methyl sites for hydroxylation is 2. The van der Waals surface area contributed by atoms with Gasteiger partial charge in [-0.2, -0.15) is 5.10 Å². The third-order valence-corrected chi connectivity index (χ3v) is 3.20. The fourth-order valence-electron chi connectivity index (χ4n) is 2.07. The highest BCUT2D eigenvalue weighted by Gasteiger charge is 2.12. The zero-order chi connectivity index (χ0) is 13.8. The maximum Gasteiger partial charge on any atom is 0.251 e. The fourth-order valence-corrected chi connectivity index (χ4v) is 2.07. The first-order chi connectivity index (χ1) is 9.13. The predicted octanol–water partition coefficient (Wildman–Crippen LogP) is 1.84. The number of hydrogen-bond donors (Lipinski definition) is 1. The van der Waals surface area contributed by atoms with Gasteiger partial charge in [-0.05, 0) is 32.9 Å². The molecule has 0 fully saturated rings. The van der Waals surface area contributed by atoms with E-state index in [-0.39, 0.29) is 5.91 Å². The van der Waals surface area contributed by atoms with E-state index in [1.54, 1.807) is 24.5 Å². The monoisotopic (exact) mass is 258 g/mol. The molecule has 5 heteroatoms. The highest BCUT2D eigenvalue weighted by atomic mass is 16.1. The zero-order valence-corrected chi connectivity index (χ0v) is 11.5. The number of nitrogens with one attached hydrogen (secondary N) is 1. The number of nitrogens with zero attached hydrogens (tertiary/aromatic N) is 3. The van der Waals surface area contributed by atoms with Gasteiger partial charge in [0.25, 0.3) is 5.91 Å². The van der Waals surface area contributed by atoms with Gasteiger partial charge in [-0.25, -0.2) is 0 Å². The van der Waals surface area contributed by atoms with Gasteiger partial charge in [-0.3, -0.25) is 14.5 Å². The highest BCUT2D eigenvalue weighted by molar-refractivity contribution is 5.93. The van der Waals surface area contributed by atoms with E-state index in [1.165, 1.54) is 0 Å². The van der Waals surface area contributed by atoms with Crippen LogP contribution < -0.4 is 5.32 Å². The van der Waals surface area contributed by atoms with Gasteiger partial charge in [0, 0.05) is 42.3 Å². The molecule has 100 valence electrons. The van der Waals surface area contributed by atoms with Crippen LogP contribution in [-0.2, 0) is 13.1 Å². The summed E-state index contributed by atoms with van der Waals surface area (Å²) in [4.78, 5) is 15.8. The summed E-state index contributed by atoms with van der Waals surface area (Å²) < 4.78 is 1.95. The highest BCUT2D eigenvalue weighted by Crippen LogP contribution is 2.12. The van der Waals surface area contributed by atoms with Crippen molar-refractivity contribution in [1.82, 2.24) is 20.1 Å². The lowest BCUT2D eigenvalue weighted by molar-refractivity contribution is 0.0950. The summed E-state index contributed by atoms with van der Waals surface area (Å²) in [6.07, 6.45) is 3.22. The Kier molecular flexibility index (Phi) is 3.94. The average Bonchev–Trinajstić information content (AvgIpc) is 2.72. The van der Waals surface area contributed by atoms with Crippen LogP contribution in [0.25, 0.3) is 0 Å². The molecule has 0 saturated heterocycles. The zero-order valence-electron chi connectivity index (χ0n) is 11.5. The molecule has 0 spiro atoms. The lowest BCUT2D eigenvalue weighted by Crippen LogP contribution is -2.23. The van der Waals surface area contributed by atoms with Crippen LogP contribution in [0.1, 0.15) is 34.2 Å². The van der Waals surface area contributed by atoms with Gasteiger partial charge in [0.15, 0.2) is 0 Å². The van der Waals surface area contributed by atoms with Crippen LogP contribution >= 0.6 is 0 Å². The molecule has 5 nitrogen and oxygen atoms in total. The molecule has 2 rings (SSSR count). The summed E-state index contributed by atoms with van der Waals surface area (Å²) in [5.74, 6) is -0.0922.